The largest absolute Gasteiger partial charge is 0.337 e. The zero-order chi connectivity index (χ0) is 13.9. The fraction of sp³-hybridized carbons (Fsp3) is 0.429. The highest BCUT2D eigenvalue weighted by molar-refractivity contribution is 8.01. The molecule has 0 unspecified atom stereocenters. The van der Waals surface area contributed by atoms with Crippen molar-refractivity contribution in [1.29, 1.82) is 0 Å². The summed E-state index contributed by atoms with van der Waals surface area (Å²) in [5.41, 5.74) is 1.02. The third kappa shape index (κ3) is 2.97. The summed E-state index contributed by atoms with van der Waals surface area (Å²) >= 11 is 3.20. The summed E-state index contributed by atoms with van der Waals surface area (Å²) in [6, 6.07) is 8.37. The predicted octanol–water partition coefficient (Wildman–Crippen LogP) is 2.21. The van der Waals surface area contributed by atoms with Crippen LogP contribution in [-0.4, -0.2) is 47.2 Å². The van der Waals surface area contributed by atoms with E-state index in [0.717, 1.165) is 29.5 Å². The van der Waals surface area contributed by atoms with E-state index in [0.29, 0.717) is 5.75 Å². The van der Waals surface area contributed by atoms with E-state index < -0.39 is 0 Å². The lowest BCUT2D eigenvalue weighted by Crippen LogP contribution is -2.52. The Kier molecular flexibility index (Phi) is 4.24. The van der Waals surface area contributed by atoms with Gasteiger partial charge < -0.3 is 10.2 Å². The van der Waals surface area contributed by atoms with Crippen LogP contribution in [0.15, 0.2) is 28.6 Å². The topological polar surface area (TPSA) is 45.2 Å². The standard InChI is InChI=1S/C14H17N3OS2/c1-10-8-15-6-7-17(10)13(18)9-19-14-16-11-4-2-3-5-12(11)20-14/h2-5,10,15H,6-9H2,1H3/t10-/m1/s1. The monoisotopic (exact) mass is 307 g/mol. The normalized spacial score (nSPS) is 19.4. The van der Waals surface area contributed by atoms with E-state index in [1.54, 1.807) is 23.1 Å². The summed E-state index contributed by atoms with van der Waals surface area (Å²) in [5.74, 6) is 0.688. The van der Waals surface area contributed by atoms with Gasteiger partial charge in [-0.25, -0.2) is 4.98 Å². The zero-order valence-corrected chi connectivity index (χ0v) is 13.0. The summed E-state index contributed by atoms with van der Waals surface area (Å²) in [6.07, 6.45) is 0. The quantitative estimate of drug-likeness (QED) is 0.883. The number of carbonyl (C=O) groups is 1. The molecule has 0 bridgehead atoms. The summed E-state index contributed by atoms with van der Waals surface area (Å²) in [6.45, 7) is 4.67. The van der Waals surface area contributed by atoms with Crippen LogP contribution in [0.1, 0.15) is 6.92 Å². The molecule has 0 radical (unpaired) electrons. The first-order valence-corrected chi connectivity index (χ1v) is 8.53. The summed E-state index contributed by atoms with van der Waals surface area (Å²) in [4.78, 5) is 18.8. The fourth-order valence-electron chi connectivity index (χ4n) is 2.33. The van der Waals surface area contributed by atoms with Gasteiger partial charge in [0.25, 0.3) is 0 Å². The molecule has 1 aromatic carbocycles. The number of benzene rings is 1. The van der Waals surface area contributed by atoms with Crippen LogP contribution in [0.2, 0.25) is 0 Å². The molecule has 0 saturated carbocycles. The Morgan fingerprint density at radius 1 is 1.55 bits per heavy atom. The zero-order valence-electron chi connectivity index (χ0n) is 11.3. The molecule has 0 aliphatic carbocycles. The minimum Gasteiger partial charge on any atom is -0.337 e. The Morgan fingerprint density at radius 2 is 2.40 bits per heavy atom. The van der Waals surface area contributed by atoms with Crippen LogP contribution in [0.5, 0.6) is 0 Å². The molecular formula is C14H17N3OS2. The molecule has 1 saturated heterocycles. The number of rotatable bonds is 3. The number of hydrogen-bond acceptors (Lipinski definition) is 5. The number of amides is 1. The van der Waals surface area contributed by atoms with Crippen LogP contribution in [0.4, 0.5) is 0 Å². The second-order valence-electron chi connectivity index (χ2n) is 4.88. The molecule has 1 aliphatic rings. The van der Waals surface area contributed by atoms with Gasteiger partial charge in [-0.3, -0.25) is 4.79 Å². The molecule has 106 valence electrons. The van der Waals surface area contributed by atoms with E-state index >= 15 is 0 Å². The number of aromatic nitrogens is 1. The van der Waals surface area contributed by atoms with Gasteiger partial charge in [-0.1, -0.05) is 23.9 Å². The highest BCUT2D eigenvalue weighted by Crippen LogP contribution is 2.29. The van der Waals surface area contributed by atoms with E-state index in [2.05, 4.69) is 23.3 Å². The van der Waals surface area contributed by atoms with Crippen molar-refractivity contribution >= 4 is 39.2 Å². The predicted molar refractivity (Wildman–Crippen MR) is 84.4 cm³/mol. The van der Waals surface area contributed by atoms with E-state index in [-0.39, 0.29) is 11.9 Å². The van der Waals surface area contributed by atoms with Crippen LogP contribution in [0.25, 0.3) is 10.2 Å². The van der Waals surface area contributed by atoms with Gasteiger partial charge in [0.15, 0.2) is 4.34 Å². The van der Waals surface area contributed by atoms with Gasteiger partial charge in [0.1, 0.15) is 0 Å². The van der Waals surface area contributed by atoms with Crippen LogP contribution in [0.3, 0.4) is 0 Å². The lowest BCUT2D eigenvalue weighted by atomic mass is 10.2. The molecular weight excluding hydrogens is 290 g/mol. The number of thioether (sulfide) groups is 1. The first-order chi connectivity index (χ1) is 9.74. The van der Waals surface area contributed by atoms with Gasteiger partial charge in [0.05, 0.1) is 16.0 Å². The average Bonchev–Trinajstić information content (AvgIpc) is 2.88. The smallest absolute Gasteiger partial charge is 0.233 e. The maximum absolute atomic E-state index is 12.3. The first-order valence-electron chi connectivity index (χ1n) is 6.72. The first kappa shape index (κ1) is 13.9. The number of thiazole rings is 1. The number of hydrogen-bond donors (Lipinski definition) is 1. The molecule has 3 rings (SSSR count). The lowest BCUT2D eigenvalue weighted by molar-refractivity contribution is -0.131. The molecule has 4 nitrogen and oxygen atoms in total. The molecule has 6 heteroatoms. The molecule has 1 aromatic heterocycles. The van der Waals surface area contributed by atoms with Gasteiger partial charge >= 0.3 is 0 Å². The number of para-hydroxylation sites is 1. The van der Waals surface area contributed by atoms with Crippen molar-refractivity contribution in [2.75, 3.05) is 25.4 Å². The SMILES string of the molecule is C[C@@H]1CNCCN1C(=O)CSc1nc2ccccc2s1. The number of nitrogens with zero attached hydrogens (tertiary/aromatic N) is 2. The van der Waals surface area contributed by atoms with Crippen molar-refractivity contribution in [3.05, 3.63) is 24.3 Å². The average molecular weight is 307 g/mol. The van der Waals surface area contributed by atoms with E-state index in [1.807, 2.05) is 23.1 Å². The van der Waals surface area contributed by atoms with Crippen LogP contribution in [0, 0.1) is 0 Å². The third-order valence-corrected chi connectivity index (χ3v) is 5.58. The lowest BCUT2D eigenvalue weighted by Gasteiger charge is -2.33. The number of carbonyl (C=O) groups excluding carboxylic acids is 1. The molecule has 1 N–H and O–H groups in total. The van der Waals surface area contributed by atoms with E-state index in [4.69, 9.17) is 0 Å². The molecule has 1 atom stereocenters. The number of fused-ring (bicyclic) bond motifs is 1. The summed E-state index contributed by atoms with van der Waals surface area (Å²) < 4.78 is 2.15. The molecule has 2 aromatic rings. The van der Waals surface area contributed by atoms with Crippen LogP contribution >= 0.6 is 23.1 Å². The van der Waals surface area contributed by atoms with Crippen molar-refractivity contribution < 1.29 is 4.79 Å². The number of piperazine rings is 1. The Bertz CT molecular complexity index is 580. The van der Waals surface area contributed by atoms with Crippen molar-refractivity contribution in [2.24, 2.45) is 0 Å². The molecule has 0 spiro atoms. The summed E-state index contributed by atoms with van der Waals surface area (Å²) in [7, 11) is 0. The Labute approximate surface area is 126 Å². The molecule has 1 fully saturated rings. The van der Waals surface area contributed by atoms with Crippen molar-refractivity contribution in [3.8, 4) is 0 Å². The minimum atomic E-state index is 0.211. The highest BCUT2D eigenvalue weighted by Gasteiger charge is 2.23. The third-order valence-electron chi connectivity index (χ3n) is 3.42. The Morgan fingerprint density at radius 3 is 3.20 bits per heavy atom. The molecule has 2 heterocycles. The molecule has 20 heavy (non-hydrogen) atoms. The molecule has 1 amide bonds. The van der Waals surface area contributed by atoms with E-state index in [1.165, 1.54) is 4.70 Å². The fourth-order valence-corrected chi connectivity index (χ4v) is 4.29. The Balaban J connectivity index is 1.62. The van der Waals surface area contributed by atoms with Gasteiger partial charge in [0.2, 0.25) is 5.91 Å². The van der Waals surface area contributed by atoms with E-state index in [9.17, 15) is 4.79 Å². The minimum absolute atomic E-state index is 0.211. The van der Waals surface area contributed by atoms with Gasteiger partial charge in [0, 0.05) is 25.7 Å². The second-order valence-corrected chi connectivity index (χ2v) is 7.13. The molecule has 1 aliphatic heterocycles. The Hall–Kier alpha value is -1.11. The van der Waals surface area contributed by atoms with Crippen molar-refractivity contribution in [2.45, 2.75) is 17.3 Å². The van der Waals surface area contributed by atoms with Crippen LogP contribution < -0.4 is 5.32 Å². The van der Waals surface area contributed by atoms with Crippen molar-refractivity contribution in [1.82, 2.24) is 15.2 Å². The van der Waals surface area contributed by atoms with Gasteiger partial charge in [-0.15, -0.1) is 11.3 Å². The second kappa shape index (κ2) is 6.11. The van der Waals surface area contributed by atoms with Crippen LogP contribution in [-0.2, 0) is 4.79 Å². The van der Waals surface area contributed by atoms with Crippen molar-refractivity contribution in [3.63, 3.8) is 0 Å². The summed E-state index contributed by atoms with van der Waals surface area (Å²) in [5, 5.41) is 3.30. The maximum atomic E-state index is 12.3. The highest BCUT2D eigenvalue weighted by atomic mass is 32.2. The maximum Gasteiger partial charge on any atom is 0.233 e. The van der Waals surface area contributed by atoms with Gasteiger partial charge in [-0.2, -0.15) is 0 Å². The van der Waals surface area contributed by atoms with Gasteiger partial charge in [-0.05, 0) is 19.1 Å². The number of nitrogens with one attached hydrogen (secondary N) is 1.